The normalized spacial score (nSPS) is 15.8. The van der Waals surface area contributed by atoms with Crippen molar-refractivity contribution in [3.05, 3.63) is 66.6 Å². The molecular formula is C24H24N2O3S. The molecule has 2 heterocycles. The van der Waals surface area contributed by atoms with Crippen molar-refractivity contribution in [2.24, 2.45) is 0 Å². The van der Waals surface area contributed by atoms with Gasteiger partial charge in [-0.2, -0.15) is 0 Å². The van der Waals surface area contributed by atoms with Gasteiger partial charge < -0.3 is 14.2 Å². The average molecular weight is 421 g/mol. The van der Waals surface area contributed by atoms with Crippen LogP contribution in [0.5, 0.6) is 0 Å². The molecule has 1 unspecified atom stereocenters. The molecule has 0 spiro atoms. The molecule has 0 fully saturated rings. The maximum absolute atomic E-state index is 13.2. The van der Waals surface area contributed by atoms with E-state index in [2.05, 4.69) is 24.3 Å². The lowest BCUT2D eigenvalue weighted by Gasteiger charge is -2.42. The summed E-state index contributed by atoms with van der Waals surface area (Å²) in [5.74, 6) is 0.0739. The number of hydrogen-bond acceptors (Lipinski definition) is 4. The van der Waals surface area contributed by atoms with Crippen molar-refractivity contribution >= 4 is 35.0 Å². The molecule has 1 atom stereocenters. The second kappa shape index (κ2) is 8.40. The van der Waals surface area contributed by atoms with Gasteiger partial charge in [0.1, 0.15) is 0 Å². The van der Waals surface area contributed by atoms with Gasteiger partial charge in [0.15, 0.2) is 5.76 Å². The molecule has 0 aliphatic carbocycles. The van der Waals surface area contributed by atoms with Crippen LogP contribution in [0.25, 0.3) is 11.1 Å². The van der Waals surface area contributed by atoms with Gasteiger partial charge in [0.05, 0.1) is 23.7 Å². The Balaban J connectivity index is 1.83. The minimum atomic E-state index is -0.196. The Labute approximate surface area is 180 Å². The van der Waals surface area contributed by atoms with Crippen molar-refractivity contribution < 1.29 is 14.0 Å². The first-order valence-corrected chi connectivity index (χ1v) is 11.2. The molecule has 2 aromatic carbocycles. The van der Waals surface area contributed by atoms with Crippen LogP contribution in [0, 0.1) is 0 Å². The van der Waals surface area contributed by atoms with Crippen LogP contribution in [0.3, 0.4) is 0 Å². The van der Waals surface area contributed by atoms with Crippen molar-refractivity contribution in [1.82, 2.24) is 0 Å². The summed E-state index contributed by atoms with van der Waals surface area (Å²) in [5, 5.41) is 0. The monoisotopic (exact) mass is 420 g/mol. The van der Waals surface area contributed by atoms with Gasteiger partial charge in [0.2, 0.25) is 5.91 Å². The molecule has 3 aromatic rings. The van der Waals surface area contributed by atoms with E-state index in [9.17, 15) is 9.59 Å². The van der Waals surface area contributed by atoms with Crippen molar-refractivity contribution in [2.45, 2.75) is 31.2 Å². The van der Waals surface area contributed by atoms with Crippen LogP contribution in [-0.4, -0.2) is 30.7 Å². The molecule has 2 amide bonds. The van der Waals surface area contributed by atoms with E-state index in [4.69, 9.17) is 4.42 Å². The largest absolute Gasteiger partial charge is 0.459 e. The van der Waals surface area contributed by atoms with Crippen LogP contribution in [0.1, 0.15) is 30.8 Å². The Hall–Kier alpha value is -2.99. The van der Waals surface area contributed by atoms with E-state index in [-0.39, 0.29) is 17.9 Å². The SMILES string of the molecule is CCC1CN(C(=O)c2ccco2)c2cc(-c3ccc(SC)cc3)ccc2N1C(C)=O. The molecule has 30 heavy (non-hydrogen) atoms. The Kier molecular flexibility index (Phi) is 5.68. The fraction of sp³-hybridized carbons (Fsp3) is 0.250. The Morgan fingerprint density at radius 3 is 2.40 bits per heavy atom. The number of anilines is 2. The molecule has 5 nitrogen and oxygen atoms in total. The van der Waals surface area contributed by atoms with E-state index < -0.39 is 0 Å². The number of hydrogen-bond donors (Lipinski definition) is 0. The highest BCUT2D eigenvalue weighted by molar-refractivity contribution is 7.98. The smallest absolute Gasteiger partial charge is 0.294 e. The minimum absolute atomic E-state index is 0.0229. The van der Waals surface area contributed by atoms with Crippen LogP contribution in [0.15, 0.2) is 70.2 Å². The Bertz CT molecular complexity index is 1060. The van der Waals surface area contributed by atoms with Gasteiger partial charge in [0, 0.05) is 18.4 Å². The summed E-state index contributed by atoms with van der Waals surface area (Å²) in [6, 6.07) is 17.6. The van der Waals surface area contributed by atoms with Gasteiger partial charge in [-0.1, -0.05) is 25.1 Å². The Morgan fingerprint density at radius 1 is 1.07 bits per heavy atom. The molecular weight excluding hydrogens is 396 g/mol. The lowest BCUT2D eigenvalue weighted by Crippen LogP contribution is -2.52. The highest BCUT2D eigenvalue weighted by atomic mass is 32.2. The van der Waals surface area contributed by atoms with Crippen molar-refractivity contribution in [1.29, 1.82) is 0 Å². The van der Waals surface area contributed by atoms with Crippen molar-refractivity contribution in [2.75, 3.05) is 22.6 Å². The van der Waals surface area contributed by atoms with Crippen molar-refractivity contribution in [3.8, 4) is 11.1 Å². The first-order valence-electron chi connectivity index (χ1n) is 9.97. The highest BCUT2D eigenvalue weighted by Crippen LogP contribution is 2.40. The molecule has 0 radical (unpaired) electrons. The number of carbonyl (C=O) groups is 2. The number of amides is 2. The zero-order chi connectivity index (χ0) is 21.3. The summed E-state index contributed by atoms with van der Waals surface area (Å²) in [5.41, 5.74) is 3.54. The summed E-state index contributed by atoms with van der Waals surface area (Å²) in [4.78, 5) is 30.4. The molecule has 0 bridgehead atoms. The van der Waals surface area contributed by atoms with Crippen molar-refractivity contribution in [3.63, 3.8) is 0 Å². The van der Waals surface area contributed by atoms with Gasteiger partial charge in [-0.3, -0.25) is 9.59 Å². The number of furan rings is 1. The van der Waals surface area contributed by atoms with E-state index in [1.807, 2.05) is 36.3 Å². The van der Waals surface area contributed by atoms with Gasteiger partial charge in [-0.25, -0.2) is 0 Å². The summed E-state index contributed by atoms with van der Waals surface area (Å²) >= 11 is 1.70. The lowest BCUT2D eigenvalue weighted by atomic mass is 9.99. The van der Waals surface area contributed by atoms with Crippen LogP contribution < -0.4 is 9.80 Å². The first-order chi connectivity index (χ1) is 14.5. The maximum Gasteiger partial charge on any atom is 0.294 e. The number of fused-ring (bicyclic) bond motifs is 1. The molecule has 0 saturated heterocycles. The molecule has 0 N–H and O–H groups in total. The summed E-state index contributed by atoms with van der Waals surface area (Å²) in [6.07, 6.45) is 4.30. The van der Waals surface area contributed by atoms with E-state index in [0.717, 1.165) is 28.9 Å². The molecule has 1 aromatic heterocycles. The summed E-state index contributed by atoms with van der Waals surface area (Å²) in [7, 11) is 0. The molecule has 154 valence electrons. The first kappa shape index (κ1) is 20.3. The number of thioether (sulfide) groups is 1. The third kappa shape index (κ3) is 3.63. The number of benzene rings is 2. The van der Waals surface area contributed by atoms with Gasteiger partial charge in [-0.15, -0.1) is 11.8 Å². The number of nitrogens with zero attached hydrogens (tertiary/aromatic N) is 2. The zero-order valence-corrected chi connectivity index (χ0v) is 18.1. The lowest BCUT2D eigenvalue weighted by molar-refractivity contribution is -0.117. The van der Waals surface area contributed by atoms with Gasteiger partial charge in [-0.05, 0) is 60.2 Å². The third-order valence-corrected chi connectivity index (χ3v) is 6.24. The molecule has 1 aliphatic rings. The summed E-state index contributed by atoms with van der Waals surface area (Å²) in [6.45, 7) is 4.03. The summed E-state index contributed by atoms with van der Waals surface area (Å²) < 4.78 is 5.37. The third-order valence-electron chi connectivity index (χ3n) is 5.50. The van der Waals surface area contributed by atoms with Crippen LogP contribution in [0.2, 0.25) is 0 Å². The molecule has 4 rings (SSSR count). The topological polar surface area (TPSA) is 53.8 Å². The van der Waals surface area contributed by atoms with Gasteiger partial charge in [0.25, 0.3) is 5.91 Å². The number of carbonyl (C=O) groups excluding carboxylic acids is 2. The van der Waals surface area contributed by atoms with Gasteiger partial charge >= 0.3 is 0 Å². The zero-order valence-electron chi connectivity index (χ0n) is 17.3. The molecule has 6 heteroatoms. The fourth-order valence-electron chi connectivity index (χ4n) is 3.96. The predicted octanol–water partition coefficient (Wildman–Crippen LogP) is 5.46. The molecule has 1 aliphatic heterocycles. The maximum atomic E-state index is 13.2. The predicted molar refractivity (Wildman–Crippen MR) is 121 cm³/mol. The second-order valence-corrected chi connectivity index (χ2v) is 8.16. The van der Waals surface area contributed by atoms with E-state index in [1.165, 1.54) is 11.2 Å². The van der Waals surface area contributed by atoms with Crippen LogP contribution in [-0.2, 0) is 4.79 Å². The van der Waals surface area contributed by atoms with Crippen LogP contribution in [0.4, 0.5) is 11.4 Å². The average Bonchev–Trinajstić information content (AvgIpc) is 3.32. The van der Waals surface area contributed by atoms with E-state index >= 15 is 0 Å². The number of rotatable bonds is 4. The quantitative estimate of drug-likeness (QED) is 0.526. The standard InChI is InChI=1S/C24H24N2O3S/c1-4-19-15-25(24(28)23-6-5-13-29-23)22-14-18(9-12-21(22)26(19)16(2)27)17-7-10-20(30-3)11-8-17/h5-14,19H,4,15H2,1-3H3. The second-order valence-electron chi connectivity index (χ2n) is 7.28. The van der Waals surface area contributed by atoms with E-state index in [1.54, 1.807) is 35.7 Å². The van der Waals surface area contributed by atoms with Crippen LogP contribution >= 0.6 is 11.8 Å². The van der Waals surface area contributed by atoms with E-state index in [0.29, 0.717) is 12.3 Å². The molecule has 0 saturated carbocycles. The fourth-order valence-corrected chi connectivity index (χ4v) is 4.37. The minimum Gasteiger partial charge on any atom is -0.459 e. The Morgan fingerprint density at radius 2 is 1.80 bits per heavy atom. The highest BCUT2D eigenvalue weighted by Gasteiger charge is 2.36.